The van der Waals surface area contributed by atoms with Crippen LogP contribution < -0.4 is 5.32 Å². The summed E-state index contributed by atoms with van der Waals surface area (Å²) in [5.41, 5.74) is 3.98. The van der Waals surface area contributed by atoms with E-state index < -0.39 is 0 Å². The summed E-state index contributed by atoms with van der Waals surface area (Å²) in [6.07, 6.45) is 9.36. The number of pyridine rings is 1. The van der Waals surface area contributed by atoms with Gasteiger partial charge < -0.3 is 5.32 Å². The van der Waals surface area contributed by atoms with Crippen molar-refractivity contribution in [1.29, 1.82) is 0 Å². The van der Waals surface area contributed by atoms with Crippen molar-refractivity contribution >= 4 is 26.8 Å². The second-order valence-corrected chi connectivity index (χ2v) is 6.14. The molecule has 3 rings (SSSR count). The Balaban J connectivity index is 1.64. The van der Waals surface area contributed by atoms with Gasteiger partial charge in [-0.05, 0) is 49.9 Å². The molecule has 1 heterocycles. The first-order valence-electron chi connectivity index (χ1n) is 7.25. The number of fused-ring (bicyclic) bond motifs is 1. The Morgan fingerprint density at radius 3 is 3.05 bits per heavy atom. The third kappa shape index (κ3) is 3.10. The van der Waals surface area contributed by atoms with Gasteiger partial charge in [-0.2, -0.15) is 0 Å². The van der Waals surface area contributed by atoms with Crippen molar-refractivity contribution in [2.75, 3.05) is 6.54 Å². The molecule has 0 saturated carbocycles. The van der Waals surface area contributed by atoms with Gasteiger partial charge in [-0.15, -0.1) is 0 Å². The molecular formula is C17H19BrN2. The SMILES string of the molecule is Brc1ccc(CNCCC2=CCCC2)c2ncccc12. The molecule has 20 heavy (non-hydrogen) atoms. The Bertz CT molecular complexity index is 634. The van der Waals surface area contributed by atoms with E-state index in [1.165, 1.54) is 36.6 Å². The van der Waals surface area contributed by atoms with Crippen LogP contribution in [0, 0.1) is 0 Å². The first-order valence-corrected chi connectivity index (χ1v) is 8.04. The van der Waals surface area contributed by atoms with Gasteiger partial charge in [-0.1, -0.05) is 39.7 Å². The molecule has 1 N–H and O–H groups in total. The maximum Gasteiger partial charge on any atom is 0.0758 e. The average Bonchev–Trinajstić information content (AvgIpc) is 2.99. The van der Waals surface area contributed by atoms with Crippen LogP contribution in [0.4, 0.5) is 0 Å². The summed E-state index contributed by atoms with van der Waals surface area (Å²) < 4.78 is 1.11. The molecule has 0 amide bonds. The summed E-state index contributed by atoms with van der Waals surface area (Å²) in [7, 11) is 0. The number of allylic oxidation sites excluding steroid dienone is 1. The lowest BCUT2D eigenvalue weighted by Crippen LogP contribution is -2.15. The Morgan fingerprint density at radius 2 is 2.20 bits per heavy atom. The van der Waals surface area contributed by atoms with E-state index in [0.29, 0.717) is 0 Å². The molecule has 0 saturated heterocycles. The Labute approximate surface area is 128 Å². The fraction of sp³-hybridized carbons (Fsp3) is 0.353. The van der Waals surface area contributed by atoms with Gasteiger partial charge in [0.05, 0.1) is 5.52 Å². The zero-order chi connectivity index (χ0) is 13.8. The Kier molecular flexibility index (Phi) is 4.48. The number of nitrogens with one attached hydrogen (secondary N) is 1. The molecule has 0 spiro atoms. The van der Waals surface area contributed by atoms with Gasteiger partial charge >= 0.3 is 0 Å². The maximum absolute atomic E-state index is 4.52. The monoisotopic (exact) mass is 330 g/mol. The van der Waals surface area contributed by atoms with Gasteiger partial charge in [0.1, 0.15) is 0 Å². The summed E-state index contributed by atoms with van der Waals surface area (Å²) >= 11 is 3.59. The van der Waals surface area contributed by atoms with Crippen LogP contribution in [0.5, 0.6) is 0 Å². The first-order chi connectivity index (χ1) is 9.84. The molecule has 2 nitrogen and oxygen atoms in total. The molecule has 1 aliphatic carbocycles. The lowest BCUT2D eigenvalue weighted by molar-refractivity contribution is 0.677. The predicted molar refractivity (Wildman–Crippen MR) is 87.7 cm³/mol. The van der Waals surface area contributed by atoms with Crippen molar-refractivity contribution in [2.24, 2.45) is 0 Å². The largest absolute Gasteiger partial charge is 0.312 e. The lowest BCUT2D eigenvalue weighted by atomic mass is 10.1. The van der Waals surface area contributed by atoms with E-state index in [1.807, 2.05) is 12.3 Å². The van der Waals surface area contributed by atoms with Gasteiger partial charge in [0, 0.05) is 22.6 Å². The lowest BCUT2D eigenvalue weighted by Gasteiger charge is -2.09. The zero-order valence-corrected chi connectivity index (χ0v) is 13.1. The van der Waals surface area contributed by atoms with Crippen molar-refractivity contribution in [3.05, 3.63) is 52.1 Å². The molecule has 1 aromatic heterocycles. The Morgan fingerprint density at radius 1 is 1.25 bits per heavy atom. The molecule has 0 fully saturated rings. The summed E-state index contributed by atoms with van der Waals surface area (Å²) in [6.45, 7) is 1.93. The van der Waals surface area contributed by atoms with Gasteiger partial charge in [0.15, 0.2) is 0 Å². The van der Waals surface area contributed by atoms with E-state index in [4.69, 9.17) is 0 Å². The van der Waals surface area contributed by atoms with Crippen LogP contribution in [-0.2, 0) is 6.54 Å². The van der Waals surface area contributed by atoms with Crippen LogP contribution in [-0.4, -0.2) is 11.5 Å². The highest BCUT2D eigenvalue weighted by Crippen LogP contribution is 2.25. The van der Waals surface area contributed by atoms with E-state index in [-0.39, 0.29) is 0 Å². The van der Waals surface area contributed by atoms with Crippen LogP contribution in [0.2, 0.25) is 0 Å². The standard InChI is InChI=1S/C17H19BrN2/c18-16-8-7-14(17-15(16)6-3-10-20-17)12-19-11-9-13-4-1-2-5-13/h3-4,6-8,10,19H,1-2,5,9,11-12H2. The number of benzene rings is 1. The summed E-state index contributed by atoms with van der Waals surface area (Å²) in [5.74, 6) is 0. The number of aromatic nitrogens is 1. The molecule has 2 aromatic rings. The van der Waals surface area contributed by atoms with E-state index in [2.05, 4.69) is 50.5 Å². The van der Waals surface area contributed by atoms with Gasteiger partial charge in [0.2, 0.25) is 0 Å². The summed E-state index contributed by atoms with van der Waals surface area (Å²) in [4.78, 5) is 4.52. The molecule has 3 heteroatoms. The third-order valence-electron chi connectivity index (χ3n) is 3.87. The minimum atomic E-state index is 0.883. The first kappa shape index (κ1) is 13.8. The zero-order valence-electron chi connectivity index (χ0n) is 11.5. The van der Waals surface area contributed by atoms with Gasteiger partial charge in [-0.25, -0.2) is 0 Å². The van der Waals surface area contributed by atoms with Crippen molar-refractivity contribution in [2.45, 2.75) is 32.2 Å². The quantitative estimate of drug-likeness (QED) is 0.640. The highest BCUT2D eigenvalue weighted by atomic mass is 79.9. The second kappa shape index (κ2) is 6.51. The van der Waals surface area contributed by atoms with E-state index in [1.54, 1.807) is 5.57 Å². The minimum absolute atomic E-state index is 0.883. The fourth-order valence-corrected chi connectivity index (χ4v) is 3.23. The van der Waals surface area contributed by atoms with E-state index >= 15 is 0 Å². The number of halogens is 1. The molecule has 0 atom stereocenters. The molecule has 1 aromatic carbocycles. The third-order valence-corrected chi connectivity index (χ3v) is 4.56. The van der Waals surface area contributed by atoms with Crippen molar-refractivity contribution in [3.8, 4) is 0 Å². The maximum atomic E-state index is 4.52. The number of nitrogens with zero attached hydrogens (tertiary/aromatic N) is 1. The van der Waals surface area contributed by atoms with Crippen LogP contribution >= 0.6 is 15.9 Å². The molecule has 0 bridgehead atoms. The molecule has 104 valence electrons. The topological polar surface area (TPSA) is 24.9 Å². The molecule has 0 aliphatic heterocycles. The number of rotatable bonds is 5. The van der Waals surface area contributed by atoms with Crippen molar-refractivity contribution < 1.29 is 0 Å². The number of hydrogen-bond donors (Lipinski definition) is 1. The Hall–Kier alpha value is -1.19. The average molecular weight is 331 g/mol. The van der Waals surface area contributed by atoms with Gasteiger partial charge in [-0.3, -0.25) is 4.98 Å². The summed E-state index contributed by atoms with van der Waals surface area (Å²) in [6, 6.07) is 8.36. The predicted octanol–water partition coefficient (Wildman–Crippen LogP) is 4.59. The van der Waals surface area contributed by atoms with Crippen LogP contribution in [0.15, 0.2) is 46.6 Å². The van der Waals surface area contributed by atoms with Crippen molar-refractivity contribution in [1.82, 2.24) is 10.3 Å². The molecule has 1 aliphatic rings. The van der Waals surface area contributed by atoms with E-state index in [0.717, 1.165) is 23.1 Å². The van der Waals surface area contributed by atoms with Crippen LogP contribution in [0.3, 0.4) is 0 Å². The van der Waals surface area contributed by atoms with Gasteiger partial charge in [0.25, 0.3) is 0 Å². The van der Waals surface area contributed by atoms with E-state index in [9.17, 15) is 0 Å². The minimum Gasteiger partial charge on any atom is -0.312 e. The normalized spacial score (nSPS) is 14.8. The highest BCUT2D eigenvalue weighted by Gasteiger charge is 2.06. The summed E-state index contributed by atoms with van der Waals surface area (Å²) in [5, 5.41) is 4.73. The highest BCUT2D eigenvalue weighted by molar-refractivity contribution is 9.10. The van der Waals surface area contributed by atoms with Crippen LogP contribution in [0.1, 0.15) is 31.2 Å². The molecule has 0 radical (unpaired) electrons. The number of hydrogen-bond acceptors (Lipinski definition) is 2. The smallest absolute Gasteiger partial charge is 0.0758 e. The second-order valence-electron chi connectivity index (χ2n) is 5.29. The van der Waals surface area contributed by atoms with Crippen molar-refractivity contribution in [3.63, 3.8) is 0 Å². The van der Waals surface area contributed by atoms with Crippen LogP contribution in [0.25, 0.3) is 10.9 Å². The molecule has 0 unspecified atom stereocenters. The fourth-order valence-electron chi connectivity index (χ4n) is 2.78. The molecular weight excluding hydrogens is 312 g/mol.